The number of hydrogen-bond donors (Lipinski definition) is 1. The van der Waals surface area contributed by atoms with Crippen molar-refractivity contribution in [3.8, 4) is 11.5 Å². The fraction of sp³-hybridized carbons (Fsp3) is 0.316. The van der Waals surface area contributed by atoms with Crippen LogP contribution in [0.25, 0.3) is 0 Å². The minimum atomic E-state index is -0.650. The van der Waals surface area contributed by atoms with Gasteiger partial charge in [0.05, 0.1) is 5.92 Å². The molecule has 3 unspecified atom stereocenters. The highest BCUT2D eigenvalue weighted by Gasteiger charge is 2.45. The van der Waals surface area contributed by atoms with Gasteiger partial charge in [0.1, 0.15) is 11.5 Å². The summed E-state index contributed by atoms with van der Waals surface area (Å²) in [6.45, 7) is 2.14. The minimum absolute atomic E-state index is 0.129. The largest absolute Gasteiger partial charge is 0.481 e. The van der Waals surface area contributed by atoms with Crippen molar-refractivity contribution in [2.45, 2.75) is 19.8 Å². The van der Waals surface area contributed by atoms with E-state index in [9.17, 15) is 4.79 Å². The first-order valence-corrected chi connectivity index (χ1v) is 7.68. The number of carboxylic acid groups (broad SMARTS) is 1. The summed E-state index contributed by atoms with van der Waals surface area (Å²) in [7, 11) is 0. The number of ether oxygens (including phenoxy) is 1. The first kappa shape index (κ1) is 14.6. The number of aliphatic carboxylic acids is 1. The van der Waals surface area contributed by atoms with Crippen LogP contribution in [0, 0.1) is 17.8 Å². The van der Waals surface area contributed by atoms with Crippen molar-refractivity contribution < 1.29 is 14.6 Å². The molecule has 0 saturated heterocycles. The summed E-state index contributed by atoms with van der Waals surface area (Å²) in [6, 6.07) is 17.8. The highest BCUT2D eigenvalue weighted by molar-refractivity contribution is 5.73. The van der Waals surface area contributed by atoms with E-state index >= 15 is 0 Å². The topological polar surface area (TPSA) is 46.5 Å². The molecule has 3 heteroatoms. The second-order valence-corrected chi connectivity index (χ2v) is 6.08. The van der Waals surface area contributed by atoms with Gasteiger partial charge in [0, 0.05) is 0 Å². The second-order valence-electron chi connectivity index (χ2n) is 6.08. The minimum Gasteiger partial charge on any atom is -0.481 e. The lowest BCUT2D eigenvalue weighted by Crippen LogP contribution is -2.08. The van der Waals surface area contributed by atoms with E-state index < -0.39 is 5.97 Å². The van der Waals surface area contributed by atoms with Gasteiger partial charge in [-0.3, -0.25) is 4.79 Å². The van der Waals surface area contributed by atoms with Crippen molar-refractivity contribution in [1.29, 1.82) is 0 Å². The zero-order chi connectivity index (χ0) is 15.5. The average molecular weight is 296 g/mol. The lowest BCUT2D eigenvalue weighted by atomic mass is 9.95. The molecule has 1 aliphatic carbocycles. The Morgan fingerprint density at radius 1 is 1.14 bits per heavy atom. The van der Waals surface area contributed by atoms with Crippen molar-refractivity contribution in [3.63, 3.8) is 0 Å². The van der Waals surface area contributed by atoms with Crippen LogP contribution in [0.5, 0.6) is 11.5 Å². The number of benzene rings is 2. The number of rotatable bonds is 6. The first-order chi connectivity index (χ1) is 10.6. The van der Waals surface area contributed by atoms with E-state index in [0.29, 0.717) is 11.8 Å². The van der Waals surface area contributed by atoms with Gasteiger partial charge in [0.15, 0.2) is 0 Å². The Morgan fingerprint density at radius 3 is 2.36 bits per heavy atom. The van der Waals surface area contributed by atoms with E-state index in [1.165, 1.54) is 5.56 Å². The zero-order valence-corrected chi connectivity index (χ0v) is 12.6. The van der Waals surface area contributed by atoms with Crippen LogP contribution in [0.1, 0.15) is 18.9 Å². The molecule has 0 amide bonds. The lowest BCUT2D eigenvalue weighted by molar-refractivity contribution is -0.139. The highest BCUT2D eigenvalue weighted by Crippen LogP contribution is 2.45. The molecule has 0 aromatic heterocycles. The molecule has 2 aromatic carbocycles. The number of carbonyl (C=O) groups is 1. The summed E-state index contributed by atoms with van der Waals surface area (Å²) < 4.78 is 5.77. The maximum atomic E-state index is 10.9. The van der Waals surface area contributed by atoms with Crippen LogP contribution in [0.3, 0.4) is 0 Å². The standard InChI is InChI=1S/C19H20O3/c1-13(17-12-18(17)19(20)21)11-14-7-9-16(10-8-14)22-15-5-3-2-4-6-15/h2-10,13,17-18H,11-12H2,1H3,(H,20,21). The van der Waals surface area contributed by atoms with Crippen molar-refractivity contribution in [1.82, 2.24) is 0 Å². The van der Waals surface area contributed by atoms with E-state index in [0.717, 1.165) is 24.3 Å². The molecule has 22 heavy (non-hydrogen) atoms. The Bertz CT molecular complexity index is 633. The van der Waals surface area contributed by atoms with Gasteiger partial charge in [-0.2, -0.15) is 0 Å². The Hall–Kier alpha value is -2.29. The molecule has 1 saturated carbocycles. The quantitative estimate of drug-likeness (QED) is 0.860. The normalized spacial score (nSPS) is 21.1. The summed E-state index contributed by atoms with van der Waals surface area (Å²) in [6.07, 6.45) is 1.74. The second kappa shape index (κ2) is 6.22. The van der Waals surface area contributed by atoms with Crippen LogP contribution in [0.2, 0.25) is 0 Å². The monoisotopic (exact) mass is 296 g/mol. The predicted molar refractivity (Wildman–Crippen MR) is 85.1 cm³/mol. The third kappa shape index (κ3) is 3.48. The van der Waals surface area contributed by atoms with Gasteiger partial charge in [-0.15, -0.1) is 0 Å². The molecule has 0 heterocycles. The van der Waals surface area contributed by atoms with E-state index in [1.54, 1.807) is 0 Å². The zero-order valence-electron chi connectivity index (χ0n) is 12.6. The molecule has 1 aliphatic rings. The maximum absolute atomic E-state index is 10.9. The van der Waals surface area contributed by atoms with E-state index in [-0.39, 0.29) is 5.92 Å². The molecule has 0 spiro atoms. The van der Waals surface area contributed by atoms with E-state index in [1.807, 2.05) is 42.5 Å². The number of carboxylic acids is 1. The predicted octanol–water partition coefficient (Wildman–Crippen LogP) is 4.38. The van der Waals surface area contributed by atoms with Crippen LogP contribution in [0.4, 0.5) is 0 Å². The molecule has 0 bridgehead atoms. The SMILES string of the molecule is CC(Cc1ccc(Oc2ccccc2)cc1)C1CC1C(=O)O. The van der Waals surface area contributed by atoms with Crippen LogP contribution in [-0.2, 0) is 11.2 Å². The highest BCUT2D eigenvalue weighted by atomic mass is 16.5. The van der Waals surface area contributed by atoms with Crippen molar-refractivity contribution >= 4 is 5.97 Å². The summed E-state index contributed by atoms with van der Waals surface area (Å²) in [5, 5.41) is 9.00. The van der Waals surface area contributed by atoms with Gasteiger partial charge >= 0.3 is 5.97 Å². The number of para-hydroxylation sites is 1. The van der Waals surface area contributed by atoms with Crippen LogP contribution < -0.4 is 4.74 Å². The molecule has 3 atom stereocenters. The smallest absolute Gasteiger partial charge is 0.306 e. The molecule has 0 radical (unpaired) electrons. The molecule has 1 N–H and O–H groups in total. The fourth-order valence-corrected chi connectivity index (χ4v) is 2.97. The maximum Gasteiger partial charge on any atom is 0.306 e. The summed E-state index contributed by atoms with van der Waals surface area (Å²) in [5.41, 5.74) is 1.23. The molecular weight excluding hydrogens is 276 g/mol. The Labute approximate surface area is 130 Å². The Morgan fingerprint density at radius 2 is 1.77 bits per heavy atom. The molecule has 3 nitrogen and oxygen atoms in total. The third-order valence-corrected chi connectivity index (χ3v) is 4.35. The molecule has 2 aromatic rings. The van der Waals surface area contributed by atoms with Gasteiger partial charge in [-0.25, -0.2) is 0 Å². The molecule has 3 rings (SSSR count). The molecule has 114 valence electrons. The summed E-state index contributed by atoms with van der Waals surface area (Å²) in [4.78, 5) is 10.9. The summed E-state index contributed by atoms with van der Waals surface area (Å²) >= 11 is 0. The first-order valence-electron chi connectivity index (χ1n) is 7.68. The van der Waals surface area contributed by atoms with Gasteiger partial charge in [0.25, 0.3) is 0 Å². The molecule has 0 aliphatic heterocycles. The van der Waals surface area contributed by atoms with Crippen molar-refractivity contribution in [2.75, 3.05) is 0 Å². The van der Waals surface area contributed by atoms with Crippen molar-refractivity contribution in [2.24, 2.45) is 17.8 Å². The number of hydrogen-bond acceptors (Lipinski definition) is 2. The van der Waals surface area contributed by atoms with Crippen molar-refractivity contribution in [3.05, 3.63) is 60.2 Å². The molecule has 1 fully saturated rings. The fourth-order valence-electron chi connectivity index (χ4n) is 2.97. The summed E-state index contributed by atoms with van der Waals surface area (Å²) in [5.74, 6) is 1.60. The Kier molecular flexibility index (Phi) is 4.14. The van der Waals surface area contributed by atoms with Gasteiger partial charge in [-0.1, -0.05) is 37.3 Å². The van der Waals surface area contributed by atoms with Gasteiger partial charge in [-0.05, 0) is 54.5 Å². The Balaban J connectivity index is 1.57. The van der Waals surface area contributed by atoms with E-state index in [4.69, 9.17) is 9.84 Å². The van der Waals surface area contributed by atoms with Crippen LogP contribution in [0.15, 0.2) is 54.6 Å². The lowest BCUT2D eigenvalue weighted by Gasteiger charge is -2.11. The molecular formula is C19H20O3. The van der Waals surface area contributed by atoms with Gasteiger partial charge < -0.3 is 9.84 Å². The van der Waals surface area contributed by atoms with Gasteiger partial charge in [0.2, 0.25) is 0 Å². The third-order valence-electron chi connectivity index (χ3n) is 4.35. The van der Waals surface area contributed by atoms with Crippen LogP contribution >= 0.6 is 0 Å². The average Bonchev–Trinajstić information content (AvgIpc) is 3.31. The van der Waals surface area contributed by atoms with E-state index in [2.05, 4.69) is 19.1 Å². The van der Waals surface area contributed by atoms with Crippen LogP contribution in [-0.4, -0.2) is 11.1 Å².